The Labute approximate surface area is 125 Å². The molecule has 2 rings (SSSR count). The van der Waals surface area contributed by atoms with E-state index in [0.717, 1.165) is 18.8 Å². The number of carbonyl (C=O) groups excluding carboxylic acids is 1. The van der Waals surface area contributed by atoms with Gasteiger partial charge < -0.3 is 15.2 Å². The van der Waals surface area contributed by atoms with E-state index in [0.29, 0.717) is 24.7 Å². The second kappa shape index (κ2) is 8.07. The summed E-state index contributed by atoms with van der Waals surface area (Å²) in [6.45, 7) is 3.40. The first-order valence-corrected chi connectivity index (χ1v) is 7.32. The number of pyridine rings is 1. The zero-order valence-corrected chi connectivity index (χ0v) is 12.4. The molecule has 0 aliphatic carbocycles. The molecule has 1 aliphatic heterocycles. The summed E-state index contributed by atoms with van der Waals surface area (Å²) in [4.78, 5) is 17.8. The quantitative estimate of drug-likeness (QED) is 0.710. The maximum atomic E-state index is 11.4. The number of aliphatic hydroxyl groups is 1. The van der Waals surface area contributed by atoms with Crippen LogP contribution in [0.2, 0.25) is 0 Å². The highest BCUT2D eigenvalue weighted by Gasteiger charge is 2.18. The van der Waals surface area contributed by atoms with E-state index in [4.69, 9.17) is 0 Å². The minimum atomic E-state index is -0.378. The summed E-state index contributed by atoms with van der Waals surface area (Å²) in [6.07, 6.45) is 3.92. The van der Waals surface area contributed by atoms with Gasteiger partial charge in [0.2, 0.25) is 0 Å². The molecule has 0 amide bonds. The fraction of sp³-hybridized carbons (Fsp3) is 0.600. The van der Waals surface area contributed by atoms with Crippen LogP contribution in [-0.4, -0.2) is 60.4 Å². The predicted molar refractivity (Wildman–Crippen MR) is 79.0 cm³/mol. The Morgan fingerprint density at radius 2 is 2.43 bits per heavy atom. The zero-order chi connectivity index (χ0) is 15.1. The molecule has 1 aromatic rings. The van der Waals surface area contributed by atoms with E-state index in [1.54, 1.807) is 6.07 Å². The molecular formula is C15H23N3O3. The van der Waals surface area contributed by atoms with Crippen molar-refractivity contribution in [3.05, 3.63) is 29.6 Å². The molecule has 0 aromatic carbocycles. The second-order valence-electron chi connectivity index (χ2n) is 5.28. The molecule has 2 heterocycles. The number of aromatic nitrogens is 1. The van der Waals surface area contributed by atoms with Crippen molar-refractivity contribution in [2.75, 3.05) is 33.4 Å². The fourth-order valence-corrected chi connectivity index (χ4v) is 2.59. The number of hydrogen-bond donors (Lipinski definition) is 2. The molecular weight excluding hydrogens is 270 g/mol. The maximum absolute atomic E-state index is 11.4. The van der Waals surface area contributed by atoms with Crippen LogP contribution in [0.3, 0.4) is 0 Å². The van der Waals surface area contributed by atoms with Crippen molar-refractivity contribution >= 4 is 5.97 Å². The van der Waals surface area contributed by atoms with E-state index >= 15 is 0 Å². The van der Waals surface area contributed by atoms with Gasteiger partial charge in [-0.15, -0.1) is 0 Å². The highest BCUT2D eigenvalue weighted by molar-refractivity contribution is 5.88. The summed E-state index contributed by atoms with van der Waals surface area (Å²) in [6, 6.07) is 4.04. The highest BCUT2D eigenvalue weighted by atomic mass is 16.5. The van der Waals surface area contributed by atoms with Gasteiger partial charge in [-0.1, -0.05) is 0 Å². The SMILES string of the molecule is COC(=O)c1ccc(CN(CCO)CC2CCCN2)nc1. The van der Waals surface area contributed by atoms with Gasteiger partial charge in [0, 0.05) is 31.9 Å². The number of nitrogens with one attached hydrogen (secondary N) is 1. The minimum Gasteiger partial charge on any atom is -0.465 e. The molecule has 0 spiro atoms. The molecule has 1 unspecified atom stereocenters. The number of aliphatic hydroxyl groups excluding tert-OH is 1. The molecule has 0 bridgehead atoms. The normalized spacial score (nSPS) is 18.1. The van der Waals surface area contributed by atoms with Gasteiger partial charge in [-0.25, -0.2) is 4.79 Å². The van der Waals surface area contributed by atoms with Crippen molar-refractivity contribution in [3.63, 3.8) is 0 Å². The van der Waals surface area contributed by atoms with Crippen molar-refractivity contribution in [2.24, 2.45) is 0 Å². The Balaban J connectivity index is 1.93. The molecule has 1 saturated heterocycles. The lowest BCUT2D eigenvalue weighted by atomic mass is 10.2. The van der Waals surface area contributed by atoms with Gasteiger partial charge in [-0.05, 0) is 31.5 Å². The van der Waals surface area contributed by atoms with E-state index in [-0.39, 0.29) is 12.6 Å². The molecule has 1 aromatic heterocycles. The first-order valence-electron chi connectivity index (χ1n) is 7.32. The number of rotatable bonds is 7. The van der Waals surface area contributed by atoms with E-state index in [2.05, 4.69) is 19.9 Å². The lowest BCUT2D eigenvalue weighted by molar-refractivity contribution is 0.0600. The highest BCUT2D eigenvalue weighted by Crippen LogP contribution is 2.10. The molecule has 2 N–H and O–H groups in total. The molecule has 21 heavy (non-hydrogen) atoms. The second-order valence-corrected chi connectivity index (χ2v) is 5.28. The predicted octanol–water partition coefficient (Wildman–Crippen LogP) is 0.414. The molecule has 0 saturated carbocycles. The lowest BCUT2D eigenvalue weighted by Gasteiger charge is -2.24. The number of hydrogen-bond acceptors (Lipinski definition) is 6. The molecule has 1 aliphatic rings. The van der Waals surface area contributed by atoms with Crippen molar-refractivity contribution in [1.29, 1.82) is 0 Å². The third-order valence-corrected chi connectivity index (χ3v) is 3.69. The number of ether oxygens (including phenoxy) is 1. The van der Waals surface area contributed by atoms with Crippen LogP contribution in [0.5, 0.6) is 0 Å². The Morgan fingerprint density at radius 1 is 1.57 bits per heavy atom. The van der Waals surface area contributed by atoms with Crippen molar-refractivity contribution in [3.8, 4) is 0 Å². The lowest BCUT2D eigenvalue weighted by Crippen LogP contribution is -2.38. The van der Waals surface area contributed by atoms with E-state index in [1.165, 1.54) is 26.1 Å². The van der Waals surface area contributed by atoms with Gasteiger partial charge in [0.1, 0.15) is 0 Å². The Morgan fingerprint density at radius 3 is 3.00 bits per heavy atom. The van der Waals surface area contributed by atoms with Crippen LogP contribution < -0.4 is 5.32 Å². The van der Waals surface area contributed by atoms with Crippen molar-refractivity contribution < 1.29 is 14.6 Å². The number of carbonyl (C=O) groups is 1. The fourth-order valence-electron chi connectivity index (χ4n) is 2.59. The van der Waals surface area contributed by atoms with Crippen molar-refractivity contribution in [1.82, 2.24) is 15.2 Å². The third-order valence-electron chi connectivity index (χ3n) is 3.69. The average molecular weight is 293 g/mol. The van der Waals surface area contributed by atoms with Crippen molar-refractivity contribution in [2.45, 2.75) is 25.4 Å². The van der Waals surface area contributed by atoms with Crippen LogP contribution >= 0.6 is 0 Å². The first kappa shape index (κ1) is 15.9. The molecule has 6 heteroatoms. The topological polar surface area (TPSA) is 74.7 Å². The molecule has 1 atom stereocenters. The number of esters is 1. The standard InChI is InChI=1S/C15H23N3O3/c1-21-15(20)12-4-5-14(17-9-12)11-18(7-8-19)10-13-3-2-6-16-13/h4-5,9,13,16,19H,2-3,6-8,10-11H2,1H3. The summed E-state index contributed by atoms with van der Waals surface area (Å²) in [5, 5.41) is 12.7. The van der Waals surface area contributed by atoms with E-state index in [1.807, 2.05) is 6.07 Å². The molecule has 1 fully saturated rings. The summed E-state index contributed by atoms with van der Waals surface area (Å²) in [7, 11) is 1.35. The largest absolute Gasteiger partial charge is 0.465 e. The third kappa shape index (κ3) is 4.77. The van der Waals surface area contributed by atoms with Gasteiger partial charge >= 0.3 is 5.97 Å². The smallest absolute Gasteiger partial charge is 0.339 e. The van der Waals surface area contributed by atoms with Crippen LogP contribution in [0.1, 0.15) is 28.9 Å². The molecule has 0 radical (unpaired) electrons. The summed E-state index contributed by atoms with van der Waals surface area (Å²) < 4.78 is 4.65. The van der Waals surface area contributed by atoms with Crippen LogP contribution in [-0.2, 0) is 11.3 Å². The maximum Gasteiger partial charge on any atom is 0.339 e. The van der Waals surface area contributed by atoms with Crippen LogP contribution in [0, 0.1) is 0 Å². The van der Waals surface area contributed by atoms with E-state index in [9.17, 15) is 9.90 Å². The zero-order valence-electron chi connectivity index (χ0n) is 12.4. The first-order chi connectivity index (χ1) is 10.2. The number of methoxy groups -OCH3 is 1. The molecule has 116 valence electrons. The van der Waals surface area contributed by atoms with Gasteiger partial charge in [0.25, 0.3) is 0 Å². The Hall–Kier alpha value is -1.50. The number of nitrogens with zero attached hydrogens (tertiary/aromatic N) is 2. The van der Waals surface area contributed by atoms with Crippen LogP contribution in [0.4, 0.5) is 0 Å². The van der Waals surface area contributed by atoms with Gasteiger partial charge in [-0.3, -0.25) is 9.88 Å². The van der Waals surface area contributed by atoms with Crippen LogP contribution in [0.25, 0.3) is 0 Å². The van der Waals surface area contributed by atoms with Crippen LogP contribution in [0.15, 0.2) is 18.3 Å². The summed E-state index contributed by atoms with van der Waals surface area (Å²) >= 11 is 0. The average Bonchev–Trinajstić information content (AvgIpc) is 3.00. The Bertz CT molecular complexity index is 444. The van der Waals surface area contributed by atoms with Gasteiger partial charge in [0.05, 0.1) is 25.0 Å². The monoisotopic (exact) mass is 293 g/mol. The van der Waals surface area contributed by atoms with Gasteiger partial charge in [-0.2, -0.15) is 0 Å². The summed E-state index contributed by atoms with van der Waals surface area (Å²) in [5.41, 5.74) is 1.33. The molecule has 6 nitrogen and oxygen atoms in total. The minimum absolute atomic E-state index is 0.132. The Kier molecular flexibility index (Phi) is 6.10. The van der Waals surface area contributed by atoms with E-state index < -0.39 is 0 Å². The van der Waals surface area contributed by atoms with Gasteiger partial charge in [0.15, 0.2) is 0 Å². The summed E-state index contributed by atoms with van der Waals surface area (Å²) in [5.74, 6) is -0.378.